The second-order valence-electron chi connectivity index (χ2n) is 8.83. The Morgan fingerprint density at radius 3 is 1.97 bits per heavy atom. The van der Waals surface area contributed by atoms with Crippen LogP contribution in [0.5, 0.6) is 5.75 Å². The number of hydrogen-bond acceptors (Lipinski definition) is 1. The number of halogens is 8. The van der Waals surface area contributed by atoms with Crippen LogP contribution in [0.2, 0.25) is 0 Å². The first-order valence-corrected chi connectivity index (χ1v) is 11.3. The van der Waals surface area contributed by atoms with Gasteiger partial charge in [-0.25, -0.2) is 13.2 Å². The second-order valence-corrected chi connectivity index (χ2v) is 8.83. The average Bonchev–Trinajstić information content (AvgIpc) is 2.72. The van der Waals surface area contributed by atoms with E-state index in [0.717, 1.165) is 50.7 Å². The van der Waals surface area contributed by atoms with Gasteiger partial charge in [0.15, 0.2) is 0 Å². The zero-order valence-electron chi connectivity index (χ0n) is 18.6. The number of unbranched alkanes of at least 4 members (excludes halogenated alkanes) is 2. The molecule has 2 aromatic rings. The highest BCUT2D eigenvalue weighted by Gasteiger charge is 2.41. The van der Waals surface area contributed by atoms with Crippen molar-refractivity contribution in [1.29, 1.82) is 0 Å². The Balaban J connectivity index is 1.71. The van der Waals surface area contributed by atoms with Crippen molar-refractivity contribution in [1.82, 2.24) is 0 Å². The molecule has 0 amide bonds. The van der Waals surface area contributed by atoms with Crippen molar-refractivity contribution in [2.45, 2.75) is 76.5 Å². The molecule has 9 heteroatoms. The highest BCUT2D eigenvalue weighted by atomic mass is 19.4. The Morgan fingerprint density at radius 1 is 0.824 bits per heavy atom. The van der Waals surface area contributed by atoms with E-state index >= 15 is 0 Å². The Hall–Kier alpha value is -2.32. The molecule has 1 fully saturated rings. The third-order valence-electron chi connectivity index (χ3n) is 6.39. The van der Waals surface area contributed by atoms with Crippen molar-refractivity contribution in [2.24, 2.45) is 5.92 Å². The maximum atomic E-state index is 14.6. The van der Waals surface area contributed by atoms with Gasteiger partial charge in [0.05, 0.1) is 5.56 Å². The van der Waals surface area contributed by atoms with E-state index in [9.17, 15) is 35.1 Å². The molecule has 0 saturated heterocycles. The molecule has 1 aliphatic carbocycles. The minimum absolute atomic E-state index is 0.00888. The van der Waals surface area contributed by atoms with Gasteiger partial charge in [-0.2, -0.15) is 22.0 Å². The van der Waals surface area contributed by atoms with Crippen molar-refractivity contribution in [3.05, 3.63) is 64.5 Å². The highest BCUT2D eigenvalue weighted by Crippen LogP contribution is 2.41. The van der Waals surface area contributed by atoms with Crippen LogP contribution in [0.25, 0.3) is 0 Å². The van der Waals surface area contributed by atoms with E-state index < -0.39 is 46.6 Å². The summed E-state index contributed by atoms with van der Waals surface area (Å²) >= 11 is 0. The van der Waals surface area contributed by atoms with Crippen LogP contribution in [-0.2, 0) is 12.3 Å². The molecule has 0 heterocycles. The molecule has 0 bridgehead atoms. The van der Waals surface area contributed by atoms with Gasteiger partial charge < -0.3 is 4.74 Å². The Kier molecular flexibility index (Phi) is 8.14. The van der Waals surface area contributed by atoms with Crippen molar-refractivity contribution < 1.29 is 39.9 Å². The number of hydrogen-bond donors (Lipinski definition) is 0. The van der Waals surface area contributed by atoms with Gasteiger partial charge >= 0.3 is 12.3 Å². The fourth-order valence-electron chi connectivity index (χ4n) is 4.57. The van der Waals surface area contributed by atoms with Crippen LogP contribution in [0.4, 0.5) is 35.1 Å². The fourth-order valence-corrected chi connectivity index (χ4v) is 4.57. The van der Waals surface area contributed by atoms with Gasteiger partial charge in [-0.05, 0) is 55.2 Å². The molecule has 0 atom stereocenters. The largest absolute Gasteiger partial charge is 0.429 e. The molecular weight excluding hydrogens is 468 g/mol. The SMILES string of the molecule is CCCCC[C@H]1CC[C@H](c2ccc(C(F)(F)Oc3cc(F)c(C(F)(F)F)c(F)c3)c(F)c2)CC1. The summed E-state index contributed by atoms with van der Waals surface area (Å²) < 4.78 is 113. The normalized spacial score (nSPS) is 19.3. The summed E-state index contributed by atoms with van der Waals surface area (Å²) in [6.07, 6.45) is -1.42. The monoisotopic (exact) mass is 494 g/mol. The molecule has 0 N–H and O–H groups in total. The lowest BCUT2D eigenvalue weighted by Gasteiger charge is -2.29. The molecule has 0 unspecified atom stereocenters. The minimum atomic E-state index is -5.36. The molecule has 34 heavy (non-hydrogen) atoms. The molecular formula is C25H26F8O. The number of alkyl halides is 5. The summed E-state index contributed by atoms with van der Waals surface area (Å²) in [6.45, 7) is 2.14. The smallest absolute Gasteiger partial charge is 0.429 e. The Labute approximate surface area is 193 Å². The standard InChI is InChI=1S/C25H26F8O/c1-2-3-4-5-15-6-8-16(9-7-15)17-10-11-19(20(26)12-17)25(32,33)34-18-13-21(27)23(22(28)14-18)24(29,30)31/h10-16H,2-9H2,1H3/t15-,16-. The molecule has 3 rings (SSSR count). The first-order valence-electron chi connectivity index (χ1n) is 11.3. The lowest BCUT2D eigenvalue weighted by molar-refractivity contribution is -0.187. The highest BCUT2D eigenvalue weighted by molar-refractivity contribution is 5.34. The quantitative estimate of drug-likeness (QED) is 0.263. The van der Waals surface area contributed by atoms with Gasteiger partial charge in [0.2, 0.25) is 0 Å². The second kappa shape index (κ2) is 10.5. The van der Waals surface area contributed by atoms with Gasteiger partial charge in [-0.15, -0.1) is 0 Å². The summed E-state index contributed by atoms with van der Waals surface area (Å²) in [5.74, 6) is -6.02. The van der Waals surface area contributed by atoms with Crippen molar-refractivity contribution in [2.75, 3.05) is 0 Å². The minimum Gasteiger partial charge on any atom is -0.429 e. The van der Waals surface area contributed by atoms with E-state index in [-0.39, 0.29) is 18.1 Å². The molecule has 1 nitrogen and oxygen atoms in total. The van der Waals surface area contributed by atoms with Crippen molar-refractivity contribution in [3.63, 3.8) is 0 Å². The van der Waals surface area contributed by atoms with Gasteiger partial charge in [0, 0.05) is 12.1 Å². The Bertz CT molecular complexity index is 954. The molecule has 1 aliphatic rings. The van der Waals surface area contributed by atoms with E-state index in [0.29, 0.717) is 11.5 Å². The van der Waals surface area contributed by atoms with Crippen LogP contribution in [0.1, 0.15) is 80.9 Å². The zero-order valence-corrected chi connectivity index (χ0v) is 18.6. The van der Waals surface area contributed by atoms with E-state index in [1.807, 2.05) is 0 Å². The van der Waals surface area contributed by atoms with Crippen LogP contribution in [-0.4, -0.2) is 0 Å². The van der Waals surface area contributed by atoms with Crippen LogP contribution >= 0.6 is 0 Å². The Morgan fingerprint density at radius 2 is 1.44 bits per heavy atom. The molecule has 188 valence electrons. The van der Waals surface area contributed by atoms with Crippen LogP contribution in [0.15, 0.2) is 30.3 Å². The number of ether oxygens (including phenoxy) is 1. The average molecular weight is 494 g/mol. The van der Waals surface area contributed by atoms with Crippen LogP contribution in [0.3, 0.4) is 0 Å². The summed E-state index contributed by atoms with van der Waals surface area (Å²) in [4.78, 5) is 0. The summed E-state index contributed by atoms with van der Waals surface area (Å²) in [7, 11) is 0. The summed E-state index contributed by atoms with van der Waals surface area (Å²) in [5.41, 5.74) is -2.82. The maximum absolute atomic E-state index is 14.6. The van der Waals surface area contributed by atoms with Gasteiger partial charge in [0.25, 0.3) is 0 Å². The van der Waals surface area contributed by atoms with E-state index in [1.165, 1.54) is 18.9 Å². The van der Waals surface area contributed by atoms with Gasteiger partial charge in [-0.1, -0.05) is 38.7 Å². The lowest BCUT2D eigenvalue weighted by Crippen LogP contribution is -2.24. The molecule has 1 saturated carbocycles. The summed E-state index contributed by atoms with van der Waals surface area (Å²) in [5, 5.41) is 0. The maximum Gasteiger partial charge on any atom is 0.429 e. The van der Waals surface area contributed by atoms with Crippen LogP contribution < -0.4 is 4.74 Å². The predicted molar refractivity (Wildman–Crippen MR) is 111 cm³/mol. The number of benzene rings is 2. The zero-order chi connectivity index (χ0) is 25.1. The third-order valence-corrected chi connectivity index (χ3v) is 6.39. The first-order chi connectivity index (χ1) is 15.9. The topological polar surface area (TPSA) is 9.23 Å². The van der Waals surface area contributed by atoms with Gasteiger partial charge in [0.1, 0.15) is 28.8 Å². The first kappa shape index (κ1) is 26.3. The van der Waals surface area contributed by atoms with E-state index in [2.05, 4.69) is 11.7 Å². The molecule has 2 aromatic carbocycles. The van der Waals surface area contributed by atoms with E-state index in [4.69, 9.17) is 0 Å². The third kappa shape index (κ3) is 6.21. The molecule has 0 spiro atoms. The van der Waals surface area contributed by atoms with E-state index in [1.54, 1.807) is 0 Å². The molecule has 0 radical (unpaired) electrons. The lowest BCUT2D eigenvalue weighted by atomic mass is 9.77. The fraction of sp³-hybridized carbons (Fsp3) is 0.520. The number of rotatable bonds is 8. The van der Waals surface area contributed by atoms with Crippen molar-refractivity contribution >= 4 is 0 Å². The molecule has 0 aliphatic heterocycles. The van der Waals surface area contributed by atoms with Crippen LogP contribution in [0, 0.1) is 23.4 Å². The summed E-state index contributed by atoms with van der Waals surface area (Å²) in [6, 6.07) is 3.19. The van der Waals surface area contributed by atoms with Gasteiger partial charge in [-0.3, -0.25) is 0 Å². The molecule has 0 aromatic heterocycles. The van der Waals surface area contributed by atoms with Crippen molar-refractivity contribution in [3.8, 4) is 5.75 Å². The predicted octanol–water partition coefficient (Wildman–Crippen LogP) is 9.11.